The van der Waals surface area contributed by atoms with Gasteiger partial charge in [-0.3, -0.25) is 0 Å². The highest BCUT2D eigenvalue weighted by Crippen LogP contribution is 2.18. The van der Waals surface area contributed by atoms with E-state index in [2.05, 4.69) is 20.6 Å². The summed E-state index contributed by atoms with van der Waals surface area (Å²) in [6.07, 6.45) is 0.200. The lowest BCUT2D eigenvalue weighted by atomic mass is 10.2. The zero-order chi connectivity index (χ0) is 13.8. The van der Waals surface area contributed by atoms with Crippen LogP contribution in [-0.2, 0) is 4.74 Å². The van der Waals surface area contributed by atoms with Crippen molar-refractivity contribution in [2.45, 2.75) is 20.0 Å². The van der Waals surface area contributed by atoms with E-state index in [0.29, 0.717) is 0 Å². The van der Waals surface area contributed by atoms with Gasteiger partial charge in [0.2, 0.25) is 5.95 Å². The van der Waals surface area contributed by atoms with E-state index in [0.717, 1.165) is 49.3 Å². The molecule has 1 aromatic heterocycles. The van der Waals surface area contributed by atoms with Crippen molar-refractivity contribution < 1.29 is 4.74 Å². The van der Waals surface area contributed by atoms with Crippen molar-refractivity contribution in [1.82, 2.24) is 15.3 Å². The molecule has 1 aliphatic rings. The molecule has 0 bridgehead atoms. The fourth-order valence-electron chi connectivity index (χ4n) is 1.95. The number of nitrogens with zero attached hydrogens (tertiary/aromatic N) is 3. The Morgan fingerprint density at radius 3 is 2.79 bits per heavy atom. The summed E-state index contributed by atoms with van der Waals surface area (Å²) in [5.41, 5.74) is 2.10. The van der Waals surface area contributed by atoms with Crippen molar-refractivity contribution in [2.75, 3.05) is 50.6 Å². The summed E-state index contributed by atoms with van der Waals surface area (Å²) in [6, 6.07) is 0. The third kappa shape index (κ3) is 3.54. The van der Waals surface area contributed by atoms with Crippen molar-refractivity contribution >= 4 is 11.8 Å². The normalized spacial score (nSPS) is 19.3. The molecule has 6 heteroatoms. The van der Waals surface area contributed by atoms with Gasteiger partial charge >= 0.3 is 0 Å². The number of morpholine rings is 1. The van der Waals surface area contributed by atoms with E-state index >= 15 is 0 Å². The molecule has 0 saturated carbocycles. The Balaban J connectivity index is 2.05. The lowest BCUT2D eigenvalue weighted by molar-refractivity contribution is 0.0372. The first-order valence-corrected chi connectivity index (χ1v) is 6.66. The molecule has 2 N–H and O–H groups in total. The van der Waals surface area contributed by atoms with Gasteiger partial charge in [-0.25, -0.2) is 4.98 Å². The van der Waals surface area contributed by atoms with Gasteiger partial charge < -0.3 is 20.3 Å². The minimum Gasteiger partial charge on any atom is -0.374 e. The quantitative estimate of drug-likeness (QED) is 0.829. The molecule has 1 fully saturated rings. The number of hydrogen-bond acceptors (Lipinski definition) is 6. The Hall–Kier alpha value is -1.40. The Morgan fingerprint density at radius 1 is 1.37 bits per heavy atom. The zero-order valence-electron chi connectivity index (χ0n) is 12.2. The number of aromatic nitrogens is 2. The molecule has 6 nitrogen and oxygen atoms in total. The number of hydrogen-bond donors (Lipinski definition) is 2. The van der Waals surface area contributed by atoms with Crippen LogP contribution in [0.5, 0.6) is 0 Å². The molecular formula is C13H23N5O. The molecule has 0 amide bonds. The first kappa shape index (κ1) is 14.0. The summed E-state index contributed by atoms with van der Waals surface area (Å²) in [6.45, 7) is 7.41. The van der Waals surface area contributed by atoms with E-state index in [9.17, 15) is 0 Å². The number of rotatable bonds is 4. The highest BCUT2D eigenvalue weighted by atomic mass is 16.5. The lowest BCUT2D eigenvalue weighted by Gasteiger charge is -2.24. The van der Waals surface area contributed by atoms with Gasteiger partial charge in [-0.2, -0.15) is 4.98 Å². The van der Waals surface area contributed by atoms with Crippen molar-refractivity contribution in [2.24, 2.45) is 0 Å². The summed E-state index contributed by atoms with van der Waals surface area (Å²) in [7, 11) is 3.89. The molecule has 0 aromatic carbocycles. The maximum Gasteiger partial charge on any atom is 0.227 e. The average Bonchev–Trinajstić information content (AvgIpc) is 2.41. The van der Waals surface area contributed by atoms with Crippen molar-refractivity contribution in [3.8, 4) is 0 Å². The highest BCUT2D eigenvalue weighted by molar-refractivity contribution is 5.50. The molecule has 0 radical (unpaired) electrons. The number of aryl methyl sites for hydroxylation is 1. The highest BCUT2D eigenvalue weighted by Gasteiger charge is 2.15. The predicted octanol–water partition coefficient (Wildman–Crippen LogP) is 0.560. The third-order valence-corrected chi connectivity index (χ3v) is 3.28. The molecular weight excluding hydrogens is 242 g/mol. The van der Waals surface area contributed by atoms with Gasteiger partial charge in [0, 0.05) is 45.0 Å². The van der Waals surface area contributed by atoms with Crippen LogP contribution in [0.2, 0.25) is 0 Å². The topological polar surface area (TPSA) is 62.3 Å². The minimum atomic E-state index is 0.200. The fourth-order valence-corrected chi connectivity index (χ4v) is 1.95. The average molecular weight is 265 g/mol. The third-order valence-electron chi connectivity index (χ3n) is 3.28. The van der Waals surface area contributed by atoms with Gasteiger partial charge in [0.05, 0.1) is 12.7 Å². The molecule has 19 heavy (non-hydrogen) atoms. The van der Waals surface area contributed by atoms with Crippen LogP contribution in [0.3, 0.4) is 0 Å². The Morgan fingerprint density at radius 2 is 2.16 bits per heavy atom. The first-order valence-electron chi connectivity index (χ1n) is 6.66. The Kier molecular flexibility index (Phi) is 4.55. The van der Waals surface area contributed by atoms with Crippen LogP contribution in [0, 0.1) is 13.8 Å². The lowest BCUT2D eigenvalue weighted by Crippen LogP contribution is -2.42. The van der Waals surface area contributed by atoms with Crippen molar-refractivity contribution in [3.05, 3.63) is 11.3 Å². The van der Waals surface area contributed by atoms with Crippen LogP contribution in [0.4, 0.5) is 11.8 Å². The van der Waals surface area contributed by atoms with Crippen molar-refractivity contribution in [3.63, 3.8) is 0 Å². The van der Waals surface area contributed by atoms with Crippen LogP contribution in [0.1, 0.15) is 11.3 Å². The van der Waals surface area contributed by atoms with Gasteiger partial charge in [-0.05, 0) is 13.8 Å². The summed E-state index contributed by atoms with van der Waals surface area (Å²) in [4.78, 5) is 10.9. The molecule has 2 rings (SSSR count). The van der Waals surface area contributed by atoms with Crippen LogP contribution in [-0.4, -0.2) is 56.4 Å². The summed E-state index contributed by atoms with van der Waals surface area (Å²) in [5.74, 6) is 1.62. The van der Waals surface area contributed by atoms with Gasteiger partial charge in [0.15, 0.2) is 0 Å². The van der Waals surface area contributed by atoms with E-state index in [1.807, 2.05) is 32.8 Å². The second kappa shape index (κ2) is 6.16. The van der Waals surface area contributed by atoms with Crippen LogP contribution >= 0.6 is 0 Å². The molecule has 0 spiro atoms. The van der Waals surface area contributed by atoms with E-state index in [1.165, 1.54) is 0 Å². The Labute approximate surface area is 114 Å². The van der Waals surface area contributed by atoms with Gasteiger partial charge in [-0.15, -0.1) is 0 Å². The van der Waals surface area contributed by atoms with Gasteiger partial charge in [0.25, 0.3) is 0 Å². The molecule has 0 unspecified atom stereocenters. The molecule has 1 saturated heterocycles. The van der Waals surface area contributed by atoms with E-state index in [1.54, 1.807) is 0 Å². The molecule has 0 aliphatic carbocycles. The maximum absolute atomic E-state index is 5.67. The van der Waals surface area contributed by atoms with Crippen LogP contribution in [0.25, 0.3) is 0 Å². The monoisotopic (exact) mass is 265 g/mol. The molecule has 1 aromatic rings. The molecule has 1 atom stereocenters. The van der Waals surface area contributed by atoms with Gasteiger partial charge in [0.1, 0.15) is 5.82 Å². The largest absolute Gasteiger partial charge is 0.374 e. The molecule has 1 aliphatic heterocycles. The Bertz CT molecular complexity index is 429. The summed E-state index contributed by atoms with van der Waals surface area (Å²) >= 11 is 0. The molecule has 106 valence electrons. The number of nitrogens with one attached hydrogen (secondary N) is 2. The number of ether oxygens (including phenoxy) is 1. The smallest absolute Gasteiger partial charge is 0.227 e. The first-order chi connectivity index (χ1) is 9.08. The van der Waals surface area contributed by atoms with Crippen molar-refractivity contribution in [1.29, 1.82) is 0 Å². The second-order valence-corrected chi connectivity index (χ2v) is 5.05. The van der Waals surface area contributed by atoms with E-state index in [-0.39, 0.29) is 6.10 Å². The van der Waals surface area contributed by atoms with E-state index in [4.69, 9.17) is 4.74 Å². The molecule has 2 heterocycles. The number of anilines is 2. The predicted molar refractivity (Wildman–Crippen MR) is 76.9 cm³/mol. The standard InChI is InChI=1S/C13H23N5O/c1-9-10(2)16-13(18(3)4)17-12(9)15-8-11-7-14-5-6-19-11/h11,14H,5-8H2,1-4H3,(H,15,16,17)/t11-/m1/s1. The van der Waals surface area contributed by atoms with Gasteiger partial charge in [-0.1, -0.05) is 0 Å². The van der Waals surface area contributed by atoms with Crippen LogP contribution < -0.4 is 15.5 Å². The second-order valence-electron chi connectivity index (χ2n) is 5.05. The van der Waals surface area contributed by atoms with Crippen LogP contribution in [0.15, 0.2) is 0 Å². The van der Waals surface area contributed by atoms with E-state index < -0.39 is 0 Å². The zero-order valence-corrected chi connectivity index (χ0v) is 12.2. The minimum absolute atomic E-state index is 0.200. The summed E-state index contributed by atoms with van der Waals surface area (Å²) < 4.78 is 5.67. The fraction of sp³-hybridized carbons (Fsp3) is 0.692. The maximum atomic E-state index is 5.67. The SMILES string of the molecule is Cc1nc(N(C)C)nc(NC[C@H]2CNCCO2)c1C. The summed E-state index contributed by atoms with van der Waals surface area (Å²) in [5, 5.41) is 6.70.